The molecule has 58 valence electrons. The van der Waals surface area contributed by atoms with Crippen LogP contribution in [-0.4, -0.2) is 16.2 Å². The van der Waals surface area contributed by atoms with Crippen LogP contribution in [-0.2, 0) is 0 Å². The van der Waals surface area contributed by atoms with E-state index in [1.54, 1.807) is 0 Å². The monoisotopic (exact) mass is 154 g/mol. The fourth-order valence-corrected chi connectivity index (χ4v) is 0.556. The molecule has 3 N–H and O–H groups in total. The highest BCUT2D eigenvalue weighted by atomic mass is 16.6. The Morgan fingerprint density at radius 1 is 1.73 bits per heavy atom. The molecule has 1 rings (SSSR count). The summed E-state index contributed by atoms with van der Waals surface area (Å²) in [5, 5.41) is 8.96. The molecule has 1 aromatic heterocycles. The number of hydrogen-bond acceptors (Lipinski definition) is 4. The minimum Gasteiger partial charge on any atom is -0.503 e. The van der Waals surface area contributed by atoms with Gasteiger partial charge >= 0.3 is 6.09 Å². The summed E-state index contributed by atoms with van der Waals surface area (Å²) in [6.45, 7) is 0. The van der Waals surface area contributed by atoms with Crippen LogP contribution in [0.15, 0.2) is 18.3 Å². The van der Waals surface area contributed by atoms with Crippen molar-refractivity contribution in [2.45, 2.75) is 0 Å². The number of pyridine rings is 1. The highest BCUT2D eigenvalue weighted by Crippen LogP contribution is 2.20. The lowest BCUT2D eigenvalue weighted by atomic mass is 10.4. The standard InChI is InChI=1S/C6H6N2O3/c7-6(10)11-5-4(9)2-1-3-8-5/h1-3,9H,(H2,7,10). The van der Waals surface area contributed by atoms with Crippen molar-refractivity contribution in [1.29, 1.82) is 0 Å². The van der Waals surface area contributed by atoms with E-state index >= 15 is 0 Å². The summed E-state index contributed by atoms with van der Waals surface area (Å²) in [4.78, 5) is 13.7. The van der Waals surface area contributed by atoms with Gasteiger partial charge in [0.05, 0.1) is 0 Å². The van der Waals surface area contributed by atoms with Crippen LogP contribution in [0.1, 0.15) is 0 Å². The molecule has 0 fully saturated rings. The van der Waals surface area contributed by atoms with Crippen LogP contribution in [0.2, 0.25) is 0 Å². The quantitative estimate of drug-likeness (QED) is 0.606. The van der Waals surface area contributed by atoms with Crippen molar-refractivity contribution in [3.05, 3.63) is 18.3 Å². The van der Waals surface area contributed by atoms with E-state index < -0.39 is 6.09 Å². The van der Waals surface area contributed by atoms with Gasteiger partial charge in [0.25, 0.3) is 5.88 Å². The predicted molar refractivity (Wildman–Crippen MR) is 36.1 cm³/mol. The fraction of sp³-hybridized carbons (Fsp3) is 0. The van der Waals surface area contributed by atoms with Crippen molar-refractivity contribution in [1.82, 2.24) is 4.98 Å². The van der Waals surface area contributed by atoms with Gasteiger partial charge in [0.15, 0.2) is 5.75 Å². The van der Waals surface area contributed by atoms with Crippen molar-refractivity contribution < 1.29 is 14.6 Å². The first-order valence-corrected chi connectivity index (χ1v) is 2.81. The summed E-state index contributed by atoms with van der Waals surface area (Å²) in [6.07, 6.45) is 0.372. The number of nitrogens with two attached hydrogens (primary N) is 1. The predicted octanol–water partition coefficient (Wildman–Crippen LogP) is 0.245. The average molecular weight is 154 g/mol. The molecule has 5 nitrogen and oxygen atoms in total. The van der Waals surface area contributed by atoms with Crippen LogP contribution in [0.25, 0.3) is 0 Å². The fourth-order valence-electron chi connectivity index (χ4n) is 0.556. The number of ether oxygens (including phenoxy) is 1. The largest absolute Gasteiger partial charge is 0.503 e. The minimum atomic E-state index is -1.00. The summed E-state index contributed by atoms with van der Waals surface area (Å²) in [6, 6.07) is 2.84. The van der Waals surface area contributed by atoms with Gasteiger partial charge in [-0.25, -0.2) is 9.78 Å². The van der Waals surface area contributed by atoms with Crippen LogP contribution in [0.5, 0.6) is 11.6 Å². The number of nitrogens with zero attached hydrogens (tertiary/aromatic N) is 1. The second kappa shape index (κ2) is 2.87. The van der Waals surface area contributed by atoms with E-state index in [1.807, 2.05) is 0 Å². The van der Waals surface area contributed by atoms with Gasteiger partial charge in [-0.3, -0.25) is 0 Å². The maximum absolute atomic E-state index is 10.2. The van der Waals surface area contributed by atoms with E-state index in [-0.39, 0.29) is 11.6 Å². The zero-order valence-corrected chi connectivity index (χ0v) is 5.52. The maximum Gasteiger partial charge on any atom is 0.411 e. The van der Waals surface area contributed by atoms with Gasteiger partial charge in [-0.1, -0.05) is 0 Å². The first-order chi connectivity index (χ1) is 5.20. The Kier molecular flexibility index (Phi) is 1.91. The van der Waals surface area contributed by atoms with E-state index in [0.29, 0.717) is 0 Å². The molecule has 0 aliphatic carbocycles. The highest BCUT2D eigenvalue weighted by Gasteiger charge is 2.04. The topological polar surface area (TPSA) is 85.4 Å². The molecule has 0 aliphatic rings. The molecule has 5 heteroatoms. The van der Waals surface area contributed by atoms with E-state index in [0.717, 1.165) is 0 Å². The Balaban J connectivity index is 2.86. The van der Waals surface area contributed by atoms with Crippen LogP contribution < -0.4 is 10.5 Å². The zero-order valence-electron chi connectivity index (χ0n) is 5.52. The van der Waals surface area contributed by atoms with Crippen molar-refractivity contribution in [3.8, 4) is 11.6 Å². The number of hydrogen-bond donors (Lipinski definition) is 2. The lowest BCUT2D eigenvalue weighted by Crippen LogP contribution is -2.16. The van der Waals surface area contributed by atoms with Crippen LogP contribution in [0.4, 0.5) is 4.79 Å². The lowest BCUT2D eigenvalue weighted by Gasteiger charge is -1.99. The first kappa shape index (κ1) is 7.33. The summed E-state index contributed by atoms with van der Waals surface area (Å²) < 4.78 is 4.32. The Hall–Kier alpha value is -1.78. The molecule has 0 aromatic carbocycles. The number of carbonyl (C=O) groups excluding carboxylic acids is 1. The number of amides is 1. The van der Waals surface area contributed by atoms with Gasteiger partial charge in [0.2, 0.25) is 0 Å². The molecule has 1 aromatic rings. The third-order valence-corrected chi connectivity index (χ3v) is 0.948. The second-order valence-electron chi connectivity index (χ2n) is 1.75. The molecule has 11 heavy (non-hydrogen) atoms. The summed E-state index contributed by atoms with van der Waals surface area (Å²) in [5.41, 5.74) is 4.68. The number of rotatable bonds is 1. The number of aromatic hydroxyl groups is 1. The molecule has 0 saturated heterocycles. The molecule has 0 bridgehead atoms. The van der Waals surface area contributed by atoms with Gasteiger partial charge in [0.1, 0.15) is 0 Å². The molecule has 0 atom stereocenters. The SMILES string of the molecule is NC(=O)Oc1ncccc1O. The number of carbonyl (C=O) groups is 1. The van der Waals surface area contributed by atoms with E-state index in [4.69, 9.17) is 5.11 Å². The molecule has 0 aliphatic heterocycles. The number of primary amides is 1. The van der Waals surface area contributed by atoms with Gasteiger partial charge in [-0.15, -0.1) is 0 Å². The molecule has 0 saturated carbocycles. The van der Waals surface area contributed by atoms with Crippen LogP contribution >= 0.6 is 0 Å². The number of aromatic nitrogens is 1. The molecule has 0 radical (unpaired) electrons. The van der Waals surface area contributed by atoms with Gasteiger partial charge in [0, 0.05) is 6.20 Å². The molecular formula is C6H6N2O3. The summed E-state index contributed by atoms with van der Waals surface area (Å²) in [5.74, 6) is -0.397. The van der Waals surface area contributed by atoms with Crippen molar-refractivity contribution in [3.63, 3.8) is 0 Å². The lowest BCUT2D eigenvalue weighted by molar-refractivity contribution is 0.207. The van der Waals surface area contributed by atoms with Crippen molar-refractivity contribution >= 4 is 6.09 Å². The van der Waals surface area contributed by atoms with E-state index in [9.17, 15) is 4.79 Å². The first-order valence-electron chi connectivity index (χ1n) is 2.81. The highest BCUT2D eigenvalue weighted by molar-refractivity contribution is 5.68. The average Bonchev–Trinajstić information content (AvgIpc) is 1.93. The van der Waals surface area contributed by atoms with Crippen molar-refractivity contribution in [2.75, 3.05) is 0 Å². The van der Waals surface area contributed by atoms with Crippen LogP contribution in [0, 0.1) is 0 Å². The van der Waals surface area contributed by atoms with E-state index in [2.05, 4.69) is 15.5 Å². The second-order valence-corrected chi connectivity index (χ2v) is 1.75. The smallest absolute Gasteiger partial charge is 0.411 e. The molecule has 1 amide bonds. The molecule has 1 heterocycles. The Morgan fingerprint density at radius 2 is 2.45 bits per heavy atom. The van der Waals surface area contributed by atoms with Gasteiger partial charge in [-0.05, 0) is 12.1 Å². The van der Waals surface area contributed by atoms with Crippen molar-refractivity contribution in [2.24, 2.45) is 5.73 Å². The van der Waals surface area contributed by atoms with Gasteiger partial charge in [-0.2, -0.15) is 0 Å². The Bertz CT molecular complexity index is 274. The third-order valence-electron chi connectivity index (χ3n) is 0.948. The minimum absolute atomic E-state index is 0.181. The summed E-state index contributed by atoms with van der Waals surface area (Å²) in [7, 11) is 0. The van der Waals surface area contributed by atoms with Crippen LogP contribution in [0.3, 0.4) is 0 Å². The normalized spacial score (nSPS) is 9.09. The Labute approximate surface area is 62.4 Å². The maximum atomic E-state index is 10.2. The molecule has 0 unspecified atom stereocenters. The zero-order chi connectivity index (χ0) is 8.27. The van der Waals surface area contributed by atoms with Gasteiger partial charge < -0.3 is 15.6 Å². The molecular weight excluding hydrogens is 148 g/mol. The molecule has 0 spiro atoms. The Morgan fingerprint density at radius 3 is 3.00 bits per heavy atom. The third kappa shape index (κ3) is 1.82. The summed E-state index contributed by atoms with van der Waals surface area (Å²) >= 11 is 0. The van der Waals surface area contributed by atoms with E-state index in [1.165, 1.54) is 18.3 Å².